The molecule has 4 nitrogen and oxygen atoms in total. The van der Waals surface area contributed by atoms with Gasteiger partial charge >= 0.3 is 0 Å². The number of nitrogens with one attached hydrogen (secondary N) is 1. The highest BCUT2D eigenvalue weighted by atomic mass is 19.1. The lowest BCUT2D eigenvalue weighted by atomic mass is 10.0. The summed E-state index contributed by atoms with van der Waals surface area (Å²) in [6.07, 6.45) is 2.15. The summed E-state index contributed by atoms with van der Waals surface area (Å²) >= 11 is 0. The molecule has 1 atom stereocenters. The average molecular weight is 299 g/mol. The maximum Gasteiger partial charge on any atom is 0.164 e. The van der Waals surface area contributed by atoms with Crippen LogP contribution in [0.2, 0.25) is 0 Å². The summed E-state index contributed by atoms with van der Waals surface area (Å²) in [5.41, 5.74) is 0.488. The first kappa shape index (κ1) is 17.7. The van der Waals surface area contributed by atoms with Gasteiger partial charge in [0, 0.05) is 24.3 Å². The van der Waals surface area contributed by atoms with Crippen molar-refractivity contribution in [2.24, 2.45) is 0 Å². The van der Waals surface area contributed by atoms with Crippen LogP contribution in [0.3, 0.4) is 0 Å². The fraction of sp³-hybridized carbons (Fsp3) is 0.625. The van der Waals surface area contributed by atoms with Gasteiger partial charge in [-0.15, -0.1) is 0 Å². The third-order valence-corrected chi connectivity index (χ3v) is 3.13. The smallest absolute Gasteiger partial charge is 0.164 e. The Bertz CT molecular complexity index is 426. The Morgan fingerprint density at radius 3 is 2.19 bits per heavy atom. The van der Waals surface area contributed by atoms with Gasteiger partial charge in [-0.3, -0.25) is 0 Å². The fourth-order valence-electron chi connectivity index (χ4n) is 2.05. The predicted octanol–water partition coefficient (Wildman–Crippen LogP) is 3.05. The van der Waals surface area contributed by atoms with Crippen LogP contribution in [-0.2, 0) is 0 Å². The van der Waals surface area contributed by atoms with E-state index >= 15 is 0 Å². The number of aliphatic hydroxyl groups excluding tert-OH is 1. The van der Waals surface area contributed by atoms with Crippen molar-refractivity contribution in [3.63, 3.8) is 0 Å². The molecule has 0 aliphatic heterocycles. The van der Waals surface area contributed by atoms with E-state index in [2.05, 4.69) is 5.32 Å². The molecule has 0 amide bonds. The molecule has 1 unspecified atom stereocenters. The van der Waals surface area contributed by atoms with Crippen molar-refractivity contribution >= 4 is 0 Å². The molecule has 21 heavy (non-hydrogen) atoms. The number of halogens is 1. The van der Waals surface area contributed by atoms with Gasteiger partial charge in [0.15, 0.2) is 11.5 Å². The van der Waals surface area contributed by atoms with E-state index in [9.17, 15) is 4.39 Å². The lowest BCUT2D eigenvalue weighted by molar-refractivity contribution is 0.260. The van der Waals surface area contributed by atoms with Crippen molar-refractivity contribution in [2.75, 3.05) is 26.9 Å². The first-order valence-corrected chi connectivity index (χ1v) is 7.55. The summed E-state index contributed by atoms with van der Waals surface area (Å²) in [6.45, 7) is 5.07. The van der Waals surface area contributed by atoms with E-state index in [1.807, 2.05) is 13.8 Å². The average Bonchev–Trinajstić information content (AvgIpc) is 2.49. The second-order valence-electron chi connectivity index (χ2n) is 4.87. The molecule has 0 fully saturated rings. The summed E-state index contributed by atoms with van der Waals surface area (Å²) in [5, 5.41) is 12.1. The van der Waals surface area contributed by atoms with Crippen molar-refractivity contribution in [1.29, 1.82) is 0 Å². The van der Waals surface area contributed by atoms with Crippen molar-refractivity contribution in [3.8, 4) is 11.5 Å². The van der Waals surface area contributed by atoms with Gasteiger partial charge in [0.05, 0.1) is 13.2 Å². The van der Waals surface area contributed by atoms with E-state index in [0.29, 0.717) is 36.7 Å². The zero-order valence-corrected chi connectivity index (χ0v) is 13.1. The number of benzene rings is 1. The standard InChI is InChI=1S/C16H26FNO3/c1-4-8-20-15-10-12(14(18-3)6-7-19)13(17)11-16(15)21-9-5-2/h10-11,14,18-19H,4-9H2,1-3H3. The Morgan fingerprint density at radius 1 is 1.14 bits per heavy atom. The minimum absolute atomic E-state index is 0.00974. The normalized spacial score (nSPS) is 12.2. The molecule has 0 aromatic heterocycles. The lowest BCUT2D eigenvalue weighted by Crippen LogP contribution is -2.19. The zero-order chi connectivity index (χ0) is 15.7. The number of hydrogen-bond donors (Lipinski definition) is 2. The van der Waals surface area contributed by atoms with Gasteiger partial charge in [-0.2, -0.15) is 0 Å². The van der Waals surface area contributed by atoms with E-state index in [-0.39, 0.29) is 18.5 Å². The molecule has 0 saturated heterocycles. The lowest BCUT2D eigenvalue weighted by Gasteiger charge is -2.19. The van der Waals surface area contributed by atoms with Crippen LogP contribution in [0.1, 0.15) is 44.7 Å². The molecule has 0 saturated carbocycles. The number of rotatable bonds is 10. The number of ether oxygens (including phenoxy) is 2. The second kappa shape index (κ2) is 9.58. The molecule has 2 N–H and O–H groups in total. The molecule has 0 radical (unpaired) electrons. The summed E-state index contributed by atoms with van der Waals surface area (Å²) in [6, 6.07) is 2.80. The summed E-state index contributed by atoms with van der Waals surface area (Å²) in [4.78, 5) is 0. The molecule has 0 aliphatic rings. The van der Waals surface area contributed by atoms with E-state index in [1.165, 1.54) is 6.07 Å². The van der Waals surface area contributed by atoms with E-state index < -0.39 is 0 Å². The van der Waals surface area contributed by atoms with Crippen LogP contribution in [0.5, 0.6) is 11.5 Å². The predicted molar refractivity (Wildman–Crippen MR) is 81.5 cm³/mol. The molecule has 1 aromatic carbocycles. The molecule has 1 aromatic rings. The van der Waals surface area contributed by atoms with Crippen LogP contribution in [0, 0.1) is 5.82 Å². The molecule has 0 bridgehead atoms. The topological polar surface area (TPSA) is 50.7 Å². The maximum atomic E-state index is 14.3. The summed E-state index contributed by atoms with van der Waals surface area (Å²) < 4.78 is 25.5. The minimum Gasteiger partial charge on any atom is -0.490 e. The van der Waals surface area contributed by atoms with Crippen molar-refractivity contribution in [3.05, 3.63) is 23.5 Å². The highest BCUT2D eigenvalue weighted by Crippen LogP contribution is 2.34. The molecule has 0 spiro atoms. The quantitative estimate of drug-likeness (QED) is 0.697. The minimum atomic E-state index is -0.349. The van der Waals surface area contributed by atoms with E-state index in [0.717, 1.165) is 12.8 Å². The molecule has 0 aliphatic carbocycles. The fourth-order valence-corrected chi connectivity index (χ4v) is 2.05. The highest BCUT2D eigenvalue weighted by molar-refractivity contribution is 5.45. The molecular formula is C16H26FNO3. The van der Waals surface area contributed by atoms with Gasteiger partial charge in [-0.25, -0.2) is 4.39 Å². The monoisotopic (exact) mass is 299 g/mol. The van der Waals surface area contributed by atoms with Crippen LogP contribution in [0.15, 0.2) is 12.1 Å². The van der Waals surface area contributed by atoms with Crippen LogP contribution < -0.4 is 14.8 Å². The SMILES string of the molecule is CCCOc1cc(F)c(C(CCO)NC)cc1OCCC. The second-order valence-corrected chi connectivity index (χ2v) is 4.87. The van der Waals surface area contributed by atoms with Gasteiger partial charge in [0.2, 0.25) is 0 Å². The molecule has 1 rings (SSSR count). The van der Waals surface area contributed by atoms with Crippen molar-refractivity contribution in [1.82, 2.24) is 5.32 Å². The number of hydrogen-bond acceptors (Lipinski definition) is 4. The van der Waals surface area contributed by atoms with Gasteiger partial charge in [0.1, 0.15) is 5.82 Å². The van der Waals surface area contributed by atoms with Gasteiger partial charge in [-0.05, 0) is 32.4 Å². The number of aliphatic hydroxyl groups is 1. The maximum absolute atomic E-state index is 14.3. The van der Waals surface area contributed by atoms with Crippen molar-refractivity contribution in [2.45, 2.75) is 39.2 Å². The molecule has 5 heteroatoms. The van der Waals surface area contributed by atoms with E-state index in [4.69, 9.17) is 14.6 Å². The Balaban J connectivity index is 3.09. The largest absolute Gasteiger partial charge is 0.490 e. The first-order chi connectivity index (χ1) is 10.2. The third-order valence-electron chi connectivity index (χ3n) is 3.13. The Hall–Kier alpha value is -1.33. The molecular weight excluding hydrogens is 273 g/mol. The molecule has 0 heterocycles. The summed E-state index contributed by atoms with van der Waals surface area (Å²) in [5.74, 6) is 0.642. The highest BCUT2D eigenvalue weighted by Gasteiger charge is 2.18. The van der Waals surface area contributed by atoms with Gasteiger partial charge < -0.3 is 19.9 Å². The van der Waals surface area contributed by atoms with Crippen LogP contribution in [0.4, 0.5) is 4.39 Å². The van der Waals surface area contributed by atoms with Gasteiger partial charge in [-0.1, -0.05) is 13.8 Å². The van der Waals surface area contributed by atoms with Crippen molar-refractivity contribution < 1.29 is 19.0 Å². The van der Waals surface area contributed by atoms with Crippen LogP contribution in [0.25, 0.3) is 0 Å². The summed E-state index contributed by atoms with van der Waals surface area (Å²) in [7, 11) is 1.74. The molecule has 120 valence electrons. The Kier molecular flexibility index (Phi) is 8.08. The third kappa shape index (κ3) is 5.17. The Labute approximate surface area is 126 Å². The first-order valence-electron chi connectivity index (χ1n) is 7.55. The van der Waals surface area contributed by atoms with Gasteiger partial charge in [0.25, 0.3) is 0 Å². The van der Waals surface area contributed by atoms with Crippen LogP contribution in [-0.4, -0.2) is 32.0 Å². The Morgan fingerprint density at radius 2 is 1.71 bits per heavy atom. The van der Waals surface area contributed by atoms with E-state index in [1.54, 1.807) is 13.1 Å². The zero-order valence-electron chi connectivity index (χ0n) is 13.1. The van der Waals surface area contributed by atoms with Crippen LogP contribution >= 0.6 is 0 Å².